The van der Waals surface area contributed by atoms with Crippen molar-refractivity contribution < 1.29 is 9.53 Å². The summed E-state index contributed by atoms with van der Waals surface area (Å²) in [6.07, 6.45) is 6.79. The number of ether oxygens (including phenoxy) is 1. The van der Waals surface area contributed by atoms with Crippen LogP contribution in [0.3, 0.4) is 0 Å². The van der Waals surface area contributed by atoms with E-state index in [1.165, 1.54) is 19.3 Å². The molecular formula is C15H29N3O2. The average molecular weight is 283 g/mol. The maximum absolute atomic E-state index is 11.7. The first-order valence-electron chi connectivity index (χ1n) is 7.93. The van der Waals surface area contributed by atoms with Crippen LogP contribution in [0.25, 0.3) is 0 Å². The Hall–Kier alpha value is -0.810. The molecule has 0 aromatic carbocycles. The zero-order valence-electron chi connectivity index (χ0n) is 13.1. The molecule has 1 aliphatic heterocycles. The summed E-state index contributed by atoms with van der Waals surface area (Å²) in [5.74, 6) is 0. The maximum Gasteiger partial charge on any atom is 0.407 e. The average Bonchev–Trinajstić information content (AvgIpc) is 2.75. The van der Waals surface area contributed by atoms with Crippen LogP contribution in [0.1, 0.15) is 59.3 Å². The van der Waals surface area contributed by atoms with Crippen LogP contribution in [-0.4, -0.2) is 41.9 Å². The van der Waals surface area contributed by atoms with E-state index in [4.69, 9.17) is 4.74 Å². The van der Waals surface area contributed by atoms with Crippen LogP contribution in [-0.2, 0) is 4.74 Å². The molecule has 0 spiro atoms. The number of rotatable bonds is 3. The first kappa shape index (κ1) is 15.6. The summed E-state index contributed by atoms with van der Waals surface area (Å²) in [5.41, 5.74) is 3.19. The van der Waals surface area contributed by atoms with Gasteiger partial charge in [0.2, 0.25) is 0 Å². The predicted octanol–water partition coefficient (Wildman–Crippen LogP) is 2.42. The van der Waals surface area contributed by atoms with Crippen molar-refractivity contribution in [3.63, 3.8) is 0 Å². The van der Waals surface area contributed by atoms with Crippen LogP contribution in [0.5, 0.6) is 0 Å². The third-order valence-corrected chi connectivity index (χ3v) is 3.87. The quantitative estimate of drug-likeness (QED) is 0.835. The first-order chi connectivity index (χ1) is 9.42. The van der Waals surface area contributed by atoms with E-state index >= 15 is 0 Å². The minimum atomic E-state index is -0.422. The molecule has 1 saturated heterocycles. The van der Waals surface area contributed by atoms with Crippen LogP contribution >= 0.6 is 0 Å². The zero-order valence-corrected chi connectivity index (χ0v) is 13.1. The van der Waals surface area contributed by atoms with Crippen LogP contribution in [0.2, 0.25) is 0 Å². The highest BCUT2D eigenvalue weighted by atomic mass is 16.6. The summed E-state index contributed by atoms with van der Waals surface area (Å²) in [4.78, 5) is 11.7. The number of alkyl carbamates (subject to hydrolysis) is 1. The van der Waals surface area contributed by atoms with Gasteiger partial charge in [0.05, 0.1) is 0 Å². The molecule has 0 aromatic rings. The molecule has 0 bridgehead atoms. The van der Waals surface area contributed by atoms with Crippen molar-refractivity contribution in [2.45, 2.75) is 77.0 Å². The lowest BCUT2D eigenvalue weighted by atomic mass is 10.1. The van der Waals surface area contributed by atoms with Gasteiger partial charge in [-0.15, -0.1) is 0 Å². The molecule has 2 N–H and O–H groups in total. The Morgan fingerprint density at radius 2 is 1.75 bits per heavy atom. The Morgan fingerprint density at radius 3 is 2.40 bits per heavy atom. The number of amides is 1. The standard InChI is InChI=1S/C15H29N3O2/c1-15(2,3)20-14(19)16-12-7-8-13(11-12)17-18-9-5-4-6-10-18/h12-13,17H,4-11H2,1-3H3,(H,16,19). The van der Waals surface area contributed by atoms with Gasteiger partial charge in [0.15, 0.2) is 0 Å². The smallest absolute Gasteiger partial charge is 0.407 e. The number of nitrogens with zero attached hydrogens (tertiary/aromatic N) is 1. The Bertz CT molecular complexity index is 322. The maximum atomic E-state index is 11.7. The van der Waals surface area contributed by atoms with Crippen molar-refractivity contribution >= 4 is 6.09 Å². The molecule has 2 rings (SSSR count). The fraction of sp³-hybridized carbons (Fsp3) is 0.933. The Kier molecular flexibility index (Phi) is 5.27. The number of hydrogen-bond acceptors (Lipinski definition) is 4. The molecule has 5 nitrogen and oxygen atoms in total. The van der Waals surface area contributed by atoms with Crippen molar-refractivity contribution in [3.05, 3.63) is 0 Å². The van der Waals surface area contributed by atoms with Gasteiger partial charge in [0.1, 0.15) is 5.60 Å². The van der Waals surface area contributed by atoms with Gasteiger partial charge in [-0.3, -0.25) is 5.43 Å². The molecule has 5 heteroatoms. The van der Waals surface area contributed by atoms with Gasteiger partial charge in [-0.25, -0.2) is 9.80 Å². The molecular weight excluding hydrogens is 254 g/mol. The predicted molar refractivity (Wildman–Crippen MR) is 79.4 cm³/mol. The summed E-state index contributed by atoms with van der Waals surface area (Å²) in [7, 11) is 0. The molecule has 0 aromatic heterocycles. The minimum Gasteiger partial charge on any atom is -0.444 e. The number of carbonyl (C=O) groups excluding carboxylic acids is 1. The van der Waals surface area contributed by atoms with Crippen molar-refractivity contribution in [2.75, 3.05) is 13.1 Å². The van der Waals surface area contributed by atoms with E-state index in [1.807, 2.05) is 20.8 Å². The lowest BCUT2D eigenvalue weighted by Gasteiger charge is -2.30. The van der Waals surface area contributed by atoms with E-state index in [-0.39, 0.29) is 12.1 Å². The van der Waals surface area contributed by atoms with Crippen LogP contribution in [0.4, 0.5) is 4.79 Å². The van der Waals surface area contributed by atoms with E-state index in [2.05, 4.69) is 15.8 Å². The number of piperidine rings is 1. The van der Waals surface area contributed by atoms with Gasteiger partial charge in [0.25, 0.3) is 0 Å². The van der Waals surface area contributed by atoms with E-state index in [0.717, 1.165) is 32.4 Å². The molecule has 20 heavy (non-hydrogen) atoms. The van der Waals surface area contributed by atoms with Crippen molar-refractivity contribution in [2.24, 2.45) is 0 Å². The number of hydrogen-bond donors (Lipinski definition) is 2. The Balaban J connectivity index is 1.68. The third-order valence-electron chi connectivity index (χ3n) is 3.87. The fourth-order valence-corrected chi connectivity index (χ4v) is 2.99. The molecule has 2 fully saturated rings. The summed E-state index contributed by atoms with van der Waals surface area (Å²) in [5, 5.41) is 5.33. The summed E-state index contributed by atoms with van der Waals surface area (Å²) in [6.45, 7) is 7.98. The van der Waals surface area contributed by atoms with Crippen molar-refractivity contribution in [3.8, 4) is 0 Å². The van der Waals surface area contributed by atoms with Crippen LogP contribution in [0, 0.1) is 0 Å². The van der Waals surface area contributed by atoms with Gasteiger partial charge >= 0.3 is 6.09 Å². The van der Waals surface area contributed by atoms with Gasteiger partial charge in [0, 0.05) is 25.2 Å². The Labute approximate surface area is 122 Å². The number of hydrazine groups is 1. The van der Waals surface area contributed by atoms with E-state index in [9.17, 15) is 4.79 Å². The lowest BCUT2D eigenvalue weighted by Crippen LogP contribution is -2.47. The number of carbonyl (C=O) groups is 1. The number of nitrogens with one attached hydrogen (secondary N) is 2. The van der Waals surface area contributed by atoms with Crippen LogP contribution < -0.4 is 10.7 Å². The van der Waals surface area contributed by atoms with Crippen molar-refractivity contribution in [1.29, 1.82) is 0 Å². The normalized spacial score (nSPS) is 28.4. The molecule has 116 valence electrons. The molecule has 2 unspecified atom stereocenters. The van der Waals surface area contributed by atoms with E-state index < -0.39 is 5.60 Å². The van der Waals surface area contributed by atoms with Gasteiger partial charge < -0.3 is 10.1 Å². The zero-order chi connectivity index (χ0) is 14.6. The monoisotopic (exact) mass is 283 g/mol. The SMILES string of the molecule is CC(C)(C)OC(=O)NC1CCC(NN2CCCCC2)C1. The third kappa shape index (κ3) is 5.29. The van der Waals surface area contributed by atoms with Crippen molar-refractivity contribution in [1.82, 2.24) is 15.8 Å². The van der Waals surface area contributed by atoms with Gasteiger partial charge in [-0.1, -0.05) is 6.42 Å². The highest BCUT2D eigenvalue weighted by Crippen LogP contribution is 2.21. The second-order valence-electron chi connectivity index (χ2n) is 7.03. The highest BCUT2D eigenvalue weighted by molar-refractivity contribution is 5.68. The van der Waals surface area contributed by atoms with Gasteiger partial charge in [-0.05, 0) is 52.9 Å². The molecule has 2 atom stereocenters. The largest absolute Gasteiger partial charge is 0.444 e. The second kappa shape index (κ2) is 6.76. The summed E-state index contributed by atoms with van der Waals surface area (Å²) in [6, 6.07) is 0.736. The summed E-state index contributed by atoms with van der Waals surface area (Å²) < 4.78 is 5.30. The second-order valence-corrected chi connectivity index (χ2v) is 7.03. The minimum absolute atomic E-state index is 0.243. The van der Waals surface area contributed by atoms with E-state index in [0.29, 0.717) is 6.04 Å². The van der Waals surface area contributed by atoms with E-state index in [1.54, 1.807) is 0 Å². The topological polar surface area (TPSA) is 53.6 Å². The Morgan fingerprint density at radius 1 is 1.10 bits per heavy atom. The van der Waals surface area contributed by atoms with Gasteiger partial charge in [-0.2, -0.15) is 0 Å². The fourth-order valence-electron chi connectivity index (χ4n) is 2.99. The first-order valence-corrected chi connectivity index (χ1v) is 7.93. The molecule has 1 heterocycles. The summed E-state index contributed by atoms with van der Waals surface area (Å²) >= 11 is 0. The van der Waals surface area contributed by atoms with Crippen LogP contribution in [0.15, 0.2) is 0 Å². The molecule has 1 aliphatic carbocycles. The molecule has 1 amide bonds. The molecule has 2 aliphatic rings. The molecule has 1 saturated carbocycles. The lowest BCUT2D eigenvalue weighted by molar-refractivity contribution is 0.0503. The molecule has 0 radical (unpaired) electrons. The highest BCUT2D eigenvalue weighted by Gasteiger charge is 2.28.